The average molecular weight is 538 g/mol. The molecule has 0 aliphatic rings. The Morgan fingerprint density at radius 3 is 1.68 bits per heavy atom. The van der Waals surface area contributed by atoms with E-state index in [1.165, 1.54) is 52.6 Å². The van der Waals surface area contributed by atoms with Crippen molar-refractivity contribution in [2.75, 3.05) is 26.3 Å². The van der Waals surface area contributed by atoms with E-state index in [1.807, 2.05) is 24.8 Å². The number of benzene rings is 2. The van der Waals surface area contributed by atoms with Crippen LogP contribution in [0.4, 0.5) is 0 Å². The van der Waals surface area contributed by atoms with Gasteiger partial charge in [-0.25, -0.2) is 0 Å². The van der Waals surface area contributed by atoms with Crippen molar-refractivity contribution < 1.29 is 9.47 Å². The maximum Gasteiger partial charge on any atom is 0.122 e. The summed E-state index contributed by atoms with van der Waals surface area (Å²) in [7, 11) is 0. The zero-order valence-corrected chi connectivity index (χ0v) is 24.1. The number of aromatic nitrogens is 2. The summed E-state index contributed by atoms with van der Waals surface area (Å²) in [5, 5.41) is 3.51. The first-order chi connectivity index (χ1) is 19.7. The number of pyridine rings is 2. The Hall–Kier alpha value is -3.70. The van der Waals surface area contributed by atoms with Crippen molar-refractivity contribution in [1.29, 1.82) is 0 Å². The van der Waals surface area contributed by atoms with Gasteiger partial charge in [0.1, 0.15) is 11.5 Å². The van der Waals surface area contributed by atoms with Gasteiger partial charge in [0.2, 0.25) is 0 Å². The number of nitrogens with one attached hydrogen (secondary N) is 1. The predicted molar refractivity (Wildman–Crippen MR) is 164 cm³/mol. The average Bonchev–Trinajstić information content (AvgIpc) is 2.99. The standard InChI is InChI=1S/C35H43N3O2/c1-28-32(11-7-13-34(28)39-26-6-4-3-5-10-30-15-22-37-23-16-30)33-12-8-14-35(29(33)2)40-27-9-20-36-21-17-31-18-24-38-25-19-31/h7-8,11-16,18-19,22-25,36H,3-6,9-10,17,20-21,26-27H2,1-2H3. The van der Waals surface area contributed by atoms with Crippen molar-refractivity contribution in [1.82, 2.24) is 15.3 Å². The lowest BCUT2D eigenvalue weighted by Crippen LogP contribution is -2.20. The fraction of sp³-hybridized carbons (Fsp3) is 0.371. The largest absolute Gasteiger partial charge is 0.493 e. The number of hydrogen-bond acceptors (Lipinski definition) is 5. The van der Waals surface area contributed by atoms with Crippen LogP contribution in [0.25, 0.3) is 11.1 Å². The van der Waals surface area contributed by atoms with Crippen molar-refractivity contribution in [3.8, 4) is 22.6 Å². The van der Waals surface area contributed by atoms with Crippen LogP contribution < -0.4 is 14.8 Å². The van der Waals surface area contributed by atoms with Crippen LogP contribution in [0.3, 0.4) is 0 Å². The molecule has 2 heterocycles. The maximum absolute atomic E-state index is 6.22. The van der Waals surface area contributed by atoms with E-state index < -0.39 is 0 Å². The molecule has 0 unspecified atom stereocenters. The third-order valence-corrected chi connectivity index (χ3v) is 7.32. The molecule has 0 amide bonds. The monoisotopic (exact) mass is 537 g/mol. The summed E-state index contributed by atoms with van der Waals surface area (Å²) >= 11 is 0. The summed E-state index contributed by atoms with van der Waals surface area (Å²) in [5.41, 5.74) is 7.43. The third-order valence-electron chi connectivity index (χ3n) is 7.32. The fourth-order valence-corrected chi connectivity index (χ4v) is 4.93. The van der Waals surface area contributed by atoms with E-state index >= 15 is 0 Å². The predicted octanol–water partition coefficient (Wildman–Crippen LogP) is 7.54. The Labute approximate surface area is 240 Å². The summed E-state index contributed by atoms with van der Waals surface area (Å²) in [5.74, 6) is 1.92. The Morgan fingerprint density at radius 2 is 1.07 bits per heavy atom. The number of rotatable bonds is 17. The van der Waals surface area contributed by atoms with Crippen LogP contribution in [0.2, 0.25) is 0 Å². The summed E-state index contributed by atoms with van der Waals surface area (Å²) < 4.78 is 12.4. The number of ether oxygens (including phenoxy) is 2. The molecule has 4 rings (SSSR count). The lowest BCUT2D eigenvalue weighted by Gasteiger charge is -2.17. The minimum atomic E-state index is 0.692. The third kappa shape index (κ3) is 9.20. The topological polar surface area (TPSA) is 56.3 Å². The number of hydrogen-bond donors (Lipinski definition) is 1. The molecule has 2 aromatic heterocycles. The lowest BCUT2D eigenvalue weighted by molar-refractivity contribution is 0.303. The molecule has 0 fully saturated rings. The maximum atomic E-state index is 6.22. The van der Waals surface area contributed by atoms with Crippen LogP contribution in [0, 0.1) is 13.8 Å². The molecule has 0 bridgehead atoms. The number of aryl methyl sites for hydroxylation is 1. The van der Waals surface area contributed by atoms with Gasteiger partial charge in [0.25, 0.3) is 0 Å². The molecular weight excluding hydrogens is 494 g/mol. The van der Waals surface area contributed by atoms with E-state index in [9.17, 15) is 0 Å². The van der Waals surface area contributed by atoms with Gasteiger partial charge in [-0.2, -0.15) is 0 Å². The summed E-state index contributed by atoms with van der Waals surface area (Å²) in [6.45, 7) is 7.64. The highest BCUT2D eigenvalue weighted by Gasteiger charge is 2.12. The van der Waals surface area contributed by atoms with E-state index in [0.29, 0.717) is 6.61 Å². The van der Waals surface area contributed by atoms with Gasteiger partial charge in [-0.1, -0.05) is 37.1 Å². The first-order valence-corrected chi connectivity index (χ1v) is 14.7. The molecule has 5 nitrogen and oxygen atoms in total. The van der Waals surface area contributed by atoms with Crippen molar-refractivity contribution in [2.24, 2.45) is 0 Å². The van der Waals surface area contributed by atoms with Gasteiger partial charge in [0.15, 0.2) is 0 Å². The van der Waals surface area contributed by atoms with E-state index in [1.54, 1.807) is 0 Å². The van der Waals surface area contributed by atoms with Crippen molar-refractivity contribution >= 4 is 0 Å². The smallest absolute Gasteiger partial charge is 0.122 e. The minimum Gasteiger partial charge on any atom is -0.493 e. The van der Waals surface area contributed by atoms with Crippen LogP contribution >= 0.6 is 0 Å². The molecular formula is C35H43N3O2. The van der Waals surface area contributed by atoms with Gasteiger partial charge < -0.3 is 14.8 Å². The summed E-state index contributed by atoms with van der Waals surface area (Å²) in [4.78, 5) is 8.16. The molecule has 40 heavy (non-hydrogen) atoms. The second-order valence-electron chi connectivity index (χ2n) is 10.3. The van der Waals surface area contributed by atoms with Gasteiger partial charge in [-0.05, 0) is 129 Å². The molecule has 5 heteroatoms. The lowest BCUT2D eigenvalue weighted by atomic mass is 9.95. The van der Waals surface area contributed by atoms with Crippen molar-refractivity contribution in [2.45, 2.75) is 58.8 Å². The first kappa shape index (κ1) is 29.3. The Kier molecular flexibility index (Phi) is 12.0. The number of nitrogens with zero attached hydrogens (tertiary/aromatic N) is 2. The van der Waals surface area contributed by atoms with Gasteiger partial charge >= 0.3 is 0 Å². The normalized spacial score (nSPS) is 10.9. The van der Waals surface area contributed by atoms with E-state index in [-0.39, 0.29) is 0 Å². The minimum absolute atomic E-state index is 0.692. The van der Waals surface area contributed by atoms with Crippen molar-refractivity contribution in [3.05, 3.63) is 108 Å². The van der Waals surface area contributed by atoms with E-state index in [4.69, 9.17) is 9.47 Å². The highest BCUT2D eigenvalue weighted by Crippen LogP contribution is 2.35. The summed E-state index contributed by atoms with van der Waals surface area (Å²) in [6, 6.07) is 21.0. The number of unbranched alkanes of at least 4 members (excludes halogenated alkanes) is 3. The molecule has 0 spiro atoms. The summed E-state index contributed by atoms with van der Waals surface area (Å²) in [6.07, 6.45) is 15.2. The molecule has 0 saturated heterocycles. The second kappa shape index (κ2) is 16.4. The Morgan fingerprint density at radius 1 is 0.550 bits per heavy atom. The zero-order valence-electron chi connectivity index (χ0n) is 24.1. The molecule has 0 aliphatic carbocycles. The molecule has 4 aromatic rings. The Balaban J connectivity index is 1.19. The SMILES string of the molecule is Cc1c(OCCCCCCc2ccncc2)cccc1-c1cccc(OCCCNCCc2ccncc2)c1C. The first-order valence-electron chi connectivity index (χ1n) is 14.7. The molecule has 0 atom stereocenters. The fourth-order valence-electron chi connectivity index (χ4n) is 4.93. The molecule has 1 N–H and O–H groups in total. The van der Waals surface area contributed by atoms with Gasteiger partial charge in [0, 0.05) is 24.8 Å². The van der Waals surface area contributed by atoms with Crippen LogP contribution in [0.15, 0.2) is 85.5 Å². The highest BCUT2D eigenvalue weighted by molar-refractivity contribution is 5.74. The molecule has 0 aliphatic heterocycles. The second-order valence-corrected chi connectivity index (χ2v) is 10.3. The van der Waals surface area contributed by atoms with Crippen LogP contribution in [0.1, 0.15) is 54.4 Å². The zero-order chi connectivity index (χ0) is 27.8. The van der Waals surface area contributed by atoms with E-state index in [2.05, 4.69) is 89.8 Å². The molecule has 0 radical (unpaired) electrons. The Bertz CT molecular complexity index is 1180. The van der Waals surface area contributed by atoms with Crippen LogP contribution in [-0.4, -0.2) is 36.3 Å². The molecule has 0 saturated carbocycles. The van der Waals surface area contributed by atoms with Crippen molar-refractivity contribution in [3.63, 3.8) is 0 Å². The van der Waals surface area contributed by atoms with E-state index in [0.717, 1.165) is 56.9 Å². The quantitative estimate of drug-likeness (QED) is 0.141. The highest BCUT2D eigenvalue weighted by atomic mass is 16.5. The van der Waals surface area contributed by atoms with Crippen LogP contribution in [-0.2, 0) is 12.8 Å². The van der Waals surface area contributed by atoms with Gasteiger partial charge in [0.05, 0.1) is 13.2 Å². The van der Waals surface area contributed by atoms with Crippen LogP contribution in [0.5, 0.6) is 11.5 Å². The molecule has 210 valence electrons. The van der Waals surface area contributed by atoms with Gasteiger partial charge in [-0.3, -0.25) is 9.97 Å². The molecule has 2 aromatic carbocycles. The van der Waals surface area contributed by atoms with Gasteiger partial charge in [-0.15, -0.1) is 0 Å².